The number of nitrogens with zero attached hydrogens (tertiary/aromatic N) is 1. The number of benzene rings is 3. The predicted molar refractivity (Wildman–Crippen MR) is 135 cm³/mol. The van der Waals surface area contributed by atoms with E-state index in [1.54, 1.807) is 24.3 Å². The summed E-state index contributed by atoms with van der Waals surface area (Å²) in [6.45, 7) is 3.89. The molecule has 0 bridgehead atoms. The molecule has 2 unspecified atom stereocenters. The lowest BCUT2D eigenvalue weighted by Crippen LogP contribution is -2.35. The van der Waals surface area contributed by atoms with Gasteiger partial charge in [0, 0.05) is 28.7 Å². The Morgan fingerprint density at radius 3 is 2.48 bits per heavy atom. The maximum absolute atomic E-state index is 13.0. The van der Waals surface area contributed by atoms with E-state index in [9.17, 15) is 13.2 Å². The van der Waals surface area contributed by atoms with Crippen molar-refractivity contribution in [2.45, 2.75) is 50.1 Å². The summed E-state index contributed by atoms with van der Waals surface area (Å²) in [6.07, 6.45) is 1.78. The molecule has 0 saturated carbocycles. The molecule has 7 heteroatoms. The van der Waals surface area contributed by atoms with Gasteiger partial charge in [-0.1, -0.05) is 58.4 Å². The van der Waals surface area contributed by atoms with Crippen LogP contribution >= 0.6 is 15.9 Å². The minimum absolute atomic E-state index is 0.0821. The van der Waals surface area contributed by atoms with Gasteiger partial charge in [0.15, 0.2) is 0 Å². The molecule has 1 amide bonds. The first kappa shape index (κ1) is 23.7. The van der Waals surface area contributed by atoms with Crippen LogP contribution in [-0.2, 0) is 27.7 Å². The number of aryl methyl sites for hydroxylation is 1. The second-order valence-electron chi connectivity index (χ2n) is 8.49. The number of hydrogen-bond donors (Lipinski definition) is 1. The van der Waals surface area contributed by atoms with Crippen molar-refractivity contribution in [3.8, 4) is 0 Å². The van der Waals surface area contributed by atoms with Crippen molar-refractivity contribution in [2.75, 3.05) is 4.90 Å². The molecule has 0 radical (unpaired) electrons. The standard InChI is InChI=1S/C26H27BrN2O3S/c1-18-16-22-17-23(27)11-14-25(22)29(18)26(30)15-10-20-8-12-24(13-9-20)33(31,32)28-19(2)21-6-4-3-5-7-21/h3-9,11-14,17-19,28H,10,15-16H2,1-2H3. The van der Waals surface area contributed by atoms with Crippen molar-refractivity contribution < 1.29 is 13.2 Å². The summed E-state index contributed by atoms with van der Waals surface area (Å²) in [7, 11) is -3.64. The van der Waals surface area contributed by atoms with E-state index in [0.29, 0.717) is 12.8 Å². The van der Waals surface area contributed by atoms with Crippen LogP contribution in [0.25, 0.3) is 0 Å². The van der Waals surface area contributed by atoms with E-state index in [-0.39, 0.29) is 22.9 Å². The largest absolute Gasteiger partial charge is 0.309 e. The molecule has 33 heavy (non-hydrogen) atoms. The third kappa shape index (κ3) is 5.37. The van der Waals surface area contributed by atoms with E-state index in [4.69, 9.17) is 0 Å². The van der Waals surface area contributed by atoms with E-state index in [1.807, 2.05) is 54.3 Å². The van der Waals surface area contributed by atoms with Crippen molar-refractivity contribution in [2.24, 2.45) is 0 Å². The number of amides is 1. The van der Waals surface area contributed by atoms with Gasteiger partial charge < -0.3 is 4.90 Å². The lowest BCUT2D eigenvalue weighted by Gasteiger charge is -2.23. The Labute approximate surface area is 204 Å². The van der Waals surface area contributed by atoms with Crippen LogP contribution in [0, 0.1) is 0 Å². The summed E-state index contributed by atoms with van der Waals surface area (Å²) in [5.74, 6) is 0.0821. The third-order valence-electron chi connectivity index (χ3n) is 6.02. The number of sulfonamides is 1. The van der Waals surface area contributed by atoms with Gasteiger partial charge in [-0.2, -0.15) is 0 Å². The molecule has 5 nitrogen and oxygen atoms in total. The molecular formula is C26H27BrN2O3S. The van der Waals surface area contributed by atoms with Crippen molar-refractivity contribution in [1.82, 2.24) is 4.72 Å². The lowest BCUT2D eigenvalue weighted by molar-refractivity contribution is -0.118. The molecule has 172 valence electrons. The van der Waals surface area contributed by atoms with Crippen molar-refractivity contribution in [3.05, 3.63) is 94.0 Å². The molecule has 0 spiro atoms. The minimum Gasteiger partial charge on any atom is -0.309 e. The lowest BCUT2D eigenvalue weighted by atomic mass is 10.1. The van der Waals surface area contributed by atoms with Crippen molar-refractivity contribution in [1.29, 1.82) is 0 Å². The van der Waals surface area contributed by atoms with E-state index < -0.39 is 10.0 Å². The fourth-order valence-corrected chi connectivity index (χ4v) is 5.94. The molecule has 0 aliphatic carbocycles. The van der Waals surface area contributed by atoms with Gasteiger partial charge in [0.05, 0.1) is 4.90 Å². The highest BCUT2D eigenvalue weighted by Gasteiger charge is 2.30. The first-order valence-corrected chi connectivity index (χ1v) is 13.3. The molecule has 1 heterocycles. The number of nitrogens with one attached hydrogen (secondary N) is 1. The van der Waals surface area contributed by atoms with Gasteiger partial charge in [0.25, 0.3) is 0 Å². The number of hydrogen-bond acceptors (Lipinski definition) is 3. The summed E-state index contributed by atoms with van der Waals surface area (Å²) < 4.78 is 29.3. The Balaban J connectivity index is 1.38. The minimum atomic E-state index is -3.64. The van der Waals surface area contributed by atoms with Gasteiger partial charge >= 0.3 is 0 Å². The average molecular weight is 527 g/mol. The molecule has 2 atom stereocenters. The number of halogens is 1. The van der Waals surface area contributed by atoms with E-state index in [2.05, 4.69) is 33.6 Å². The highest BCUT2D eigenvalue weighted by molar-refractivity contribution is 9.10. The summed E-state index contributed by atoms with van der Waals surface area (Å²) in [4.78, 5) is 15.1. The van der Waals surface area contributed by atoms with E-state index in [1.165, 1.54) is 5.56 Å². The summed E-state index contributed by atoms with van der Waals surface area (Å²) in [5, 5.41) is 0. The zero-order chi connectivity index (χ0) is 23.6. The van der Waals surface area contributed by atoms with E-state index in [0.717, 1.165) is 27.7 Å². The van der Waals surface area contributed by atoms with Crippen LogP contribution in [0.2, 0.25) is 0 Å². The van der Waals surface area contributed by atoms with Crippen LogP contribution < -0.4 is 9.62 Å². The Bertz CT molecular complexity index is 1240. The molecule has 4 rings (SSSR count). The topological polar surface area (TPSA) is 66.5 Å². The average Bonchev–Trinajstić information content (AvgIpc) is 3.12. The third-order valence-corrected chi connectivity index (χ3v) is 8.07. The molecule has 0 fully saturated rings. The van der Waals surface area contributed by atoms with Gasteiger partial charge in [-0.15, -0.1) is 0 Å². The molecule has 0 aromatic heterocycles. The van der Waals surface area contributed by atoms with E-state index >= 15 is 0 Å². The molecular weight excluding hydrogens is 500 g/mol. The maximum Gasteiger partial charge on any atom is 0.241 e. The van der Waals surface area contributed by atoms with Crippen molar-refractivity contribution in [3.63, 3.8) is 0 Å². The van der Waals surface area contributed by atoms with Crippen LogP contribution in [0.3, 0.4) is 0 Å². The second-order valence-corrected chi connectivity index (χ2v) is 11.1. The molecule has 3 aromatic carbocycles. The zero-order valence-corrected chi connectivity index (χ0v) is 21.1. The maximum atomic E-state index is 13.0. The monoisotopic (exact) mass is 526 g/mol. The number of rotatable bonds is 7. The molecule has 0 saturated heterocycles. The van der Waals surface area contributed by atoms with Crippen LogP contribution in [0.4, 0.5) is 5.69 Å². The Hall–Kier alpha value is -2.48. The van der Waals surface area contributed by atoms with Crippen LogP contribution in [-0.4, -0.2) is 20.4 Å². The normalized spacial score (nSPS) is 16.5. The number of fused-ring (bicyclic) bond motifs is 1. The Morgan fingerprint density at radius 1 is 1.09 bits per heavy atom. The fraction of sp³-hybridized carbons (Fsp3) is 0.269. The van der Waals surface area contributed by atoms with Crippen LogP contribution in [0.5, 0.6) is 0 Å². The quantitative estimate of drug-likeness (QED) is 0.448. The fourth-order valence-electron chi connectivity index (χ4n) is 4.30. The Kier molecular flexibility index (Phi) is 7.02. The molecule has 1 aliphatic heterocycles. The number of carbonyl (C=O) groups excluding carboxylic acids is 1. The van der Waals surface area contributed by atoms with Crippen LogP contribution in [0.1, 0.15) is 43.0 Å². The first-order chi connectivity index (χ1) is 15.7. The summed E-state index contributed by atoms with van der Waals surface area (Å²) >= 11 is 3.50. The van der Waals surface area contributed by atoms with Crippen LogP contribution in [0.15, 0.2) is 82.2 Å². The smallest absolute Gasteiger partial charge is 0.241 e. The van der Waals surface area contributed by atoms with Crippen molar-refractivity contribution >= 4 is 37.5 Å². The highest BCUT2D eigenvalue weighted by atomic mass is 79.9. The molecule has 3 aromatic rings. The predicted octanol–water partition coefficient (Wildman–Crippen LogP) is 5.40. The SMILES string of the molecule is CC(NS(=O)(=O)c1ccc(CCC(=O)N2c3ccc(Br)cc3CC2C)cc1)c1ccccc1. The highest BCUT2D eigenvalue weighted by Crippen LogP contribution is 2.34. The first-order valence-electron chi connectivity index (χ1n) is 11.0. The molecule has 1 aliphatic rings. The van der Waals surface area contributed by atoms with Gasteiger partial charge in [0.1, 0.15) is 0 Å². The van der Waals surface area contributed by atoms with Gasteiger partial charge in [-0.05, 0) is 73.7 Å². The Morgan fingerprint density at radius 2 is 1.79 bits per heavy atom. The second kappa shape index (κ2) is 9.79. The van der Waals surface area contributed by atoms with Gasteiger partial charge in [-0.3, -0.25) is 4.79 Å². The van der Waals surface area contributed by atoms with Gasteiger partial charge in [0.2, 0.25) is 15.9 Å². The number of anilines is 1. The summed E-state index contributed by atoms with van der Waals surface area (Å²) in [6, 6.07) is 22.1. The zero-order valence-electron chi connectivity index (χ0n) is 18.7. The van der Waals surface area contributed by atoms with Gasteiger partial charge in [-0.25, -0.2) is 13.1 Å². The number of carbonyl (C=O) groups is 1. The summed E-state index contributed by atoms with van der Waals surface area (Å²) in [5.41, 5.74) is 4.00. The molecule has 1 N–H and O–H groups in total.